The fraction of sp³-hybridized carbons (Fsp3) is 0.200. The van der Waals surface area contributed by atoms with E-state index in [1.54, 1.807) is 7.11 Å². The van der Waals surface area contributed by atoms with Gasteiger partial charge in [-0.3, -0.25) is 4.79 Å². The largest absolute Gasteiger partial charge is 0.496 e. The highest BCUT2D eigenvalue weighted by Gasteiger charge is 2.27. The van der Waals surface area contributed by atoms with Gasteiger partial charge in [-0.25, -0.2) is 9.38 Å². The molecular weight excluding hydrogens is 448 g/mol. The van der Waals surface area contributed by atoms with Crippen LogP contribution in [0.4, 0.5) is 5.95 Å². The van der Waals surface area contributed by atoms with Crippen LogP contribution >= 0.6 is 11.3 Å². The van der Waals surface area contributed by atoms with Crippen LogP contribution < -0.4 is 9.64 Å². The number of fused-ring (bicyclic) bond motifs is 3. The Kier molecular flexibility index (Phi) is 5.10. The number of nitrogens with zero attached hydrogens (tertiary/aromatic N) is 6. The van der Waals surface area contributed by atoms with E-state index in [-0.39, 0.29) is 5.91 Å². The third-order valence-corrected chi connectivity index (χ3v) is 7.02. The molecule has 4 heterocycles. The number of thiophene rings is 1. The molecular formula is C25H22N6O2S. The van der Waals surface area contributed by atoms with E-state index in [2.05, 4.69) is 15.1 Å². The molecule has 2 aromatic carbocycles. The standard InChI is InChI=1S/C25H22N6O2S/c1-33-20-10-5-3-8-18(20)23-28-27-22-17-7-2-4-9-19(17)26-25(31(22)23)30-14-12-29(13-15-30)24(32)21-11-6-16-34-21/h2-11,16H,12-15H2,1H3. The SMILES string of the molecule is COc1ccccc1-c1nnc2c3ccccc3nc(N3CCN(C(=O)c4cccs4)CC3)n12. The van der Waals surface area contributed by atoms with Crippen molar-refractivity contribution in [2.24, 2.45) is 0 Å². The zero-order valence-electron chi connectivity index (χ0n) is 18.6. The minimum absolute atomic E-state index is 0.0882. The first kappa shape index (κ1) is 20.6. The maximum Gasteiger partial charge on any atom is 0.264 e. The summed E-state index contributed by atoms with van der Waals surface area (Å²) in [6.45, 7) is 2.58. The Labute approximate surface area is 200 Å². The fourth-order valence-corrected chi connectivity index (χ4v) is 5.14. The van der Waals surface area contributed by atoms with E-state index in [0.717, 1.165) is 38.7 Å². The van der Waals surface area contributed by atoms with Crippen LogP contribution in [-0.4, -0.2) is 63.7 Å². The van der Waals surface area contributed by atoms with E-state index in [0.29, 0.717) is 32.0 Å². The minimum atomic E-state index is 0.0882. The summed E-state index contributed by atoms with van der Waals surface area (Å²) in [7, 11) is 1.65. The second kappa shape index (κ2) is 8.42. The Morgan fingerprint density at radius 3 is 2.53 bits per heavy atom. The number of para-hydroxylation sites is 2. The lowest BCUT2D eigenvalue weighted by atomic mass is 10.2. The molecule has 5 aromatic rings. The molecule has 0 unspecified atom stereocenters. The summed E-state index contributed by atoms with van der Waals surface area (Å²) < 4.78 is 7.62. The number of methoxy groups -OCH3 is 1. The van der Waals surface area contributed by atoms with Crippen LogP contribution in [0.25, 0.3) is 27.9 Å². The summed E-state index contributed by atoms with van der Waals surface area (Å²) in [6.07, 6.45) is 0. The van der Waals surface area contributed by atoms with Crippen molar-refractivity contribution >= 4 is 39.7 Å². The van der Waals surface area contributed by atoms with Gasteiger partial charge in [-0.2, -0.15) is 0 Å². The van der Waals surface area contributed by atoms with Gasteiger partial charge in [0.1, 0.15) is 5.75 Å². The number of aromatic nitrogens is 4. The molecule has 1 amide bonds. The highest BCUT2D eigenvalue weighted by Crippen LogP contribution is 2.33. The molecule has 0 aliphatic carbocycles. The van der Waals surface area contributed by atoms with Crippen molar-refractivity contribution < 1.29 is 9.53 Å². The van der Waals surface area contributed by atoms with Gasteiger partial charge in [-0.1, -0.05) is 30.3 Å². The Hall–Kier alpha value is -3.98. The molecule has 6 rings (SSSR count). The van der Waals surface area contributed by atoms with Gasteiger partial charge < -0.3 is 14.5 Å². The van der Waals surface area contributed by atoms with Crippen LogP contribution in [0.15, 0.2) is 66.0 Å². The second-order valence-electron chi connectivity index (χ2n) is 8.07. The van der Waals surface area contributed by atoms with Crippen LogP contribution in [-0.2, 0) is 0 Å². The molecule has 3 aromatic heterocycles. The van der Waals surface area contributed by atoms with E-state index >= 15 is 0 Å². The first-order chi connectivity index (χ1) is 16.7. The van der Waals surface area contributed by atoms with E-state index < -0.39 is 0 Å². The molecule has 0 radical (unpaired) electrons. The average Bonchev–Trinajstić information content (AvgIpc) is 3.59. The minimum Gasteiger partial charge on any atom is -0.496 e. The van der Waals surface area contributed by atoms with Crippen molar-refractivity contribution in [2.75, 3.05) is 38.2 Å². The van der Waals surface area contributed by atoms with Crippen molar-refractivity contribution in [2.45, 2.75) is 0 Å². The number of amides is 1. The predicted molar refractivity (Wildman–Crippen MR) is 133 cm³/mol. The maximum atomic E-state index is 12.8. The summed E-state index contributed by atoms with van der Waals surface area (Å²) in [5.41, 5.74) is 2.46. The number of hydrogen-bond acceptors (Lipinski definition) is 7. The smallest absolute Gasteiger partial charge is 0.264 e. The summed E-state index contributed by atoms with van der Waals surface area (Å²) in [5.74, 6) is 2.26. The van der Waals surface area contributed by atoms with Crippen LogP contribution in [0.1, 0.15) is 9.67 Å². The Bertz CT molecular complexity index is 1490. The number of carbonyl (C=O) groups excluding carboxylic acids is 1. The van der Waals surface area contributed by atoms with Crippen LogP contribution in [0.2, 0.25) is 0 Å². The third kappa shape index (κ3) is 3.36. The normalized spacial score (nSPS) is 14.1. The quantitative estimate of drug-likeness (QED) is 0.396. The Morgan fingerprint density at radius 2 is 1.74 bits per heavy atom. The predicted octanol–water partition coefficient (Wildman–Crippen LogP) is 3.98. The first-order valence-electron chi connectivity index (χ1n) is 11.1. The van der Waals surface area contributed by atoms with Crippen molar-refractivity contribution in [1.29, 1.82) is 0 Å². The van der Waals surface area contributed by atoms with Crippen LogP contribution in [0.3, 0.4) is 0 Å². The van der Waals surface area contributed by atoms with Gasteiger partial charge in [-0.15, -0.1) is 21.5 Å². The number of piperazine rings is 1. The second-order valence-corrected chi connectivity index (χ2v) is 9.02. The van der Waals surface area contributed by atoms with Crippen LogP contribution in [0, 0.1) is 0 Å². The van der Waals surface area contributed by atoms with E-state index in [1.165, 1.54) is 11.3 Å². The lowest BCUT2D eigenvalue weighted by Gasteiger charge is -2.35. The molecule has 170 valence electrons. The molecule has 0 bridgehead atoms. The zero-order valence-corrected chi connectivity index (χ0v) is 19.4. The van der Waals surface area contributed by atoms with Gasteiger partial charge in [0.15, 0.2) is 11.5 Å². The van der Waals surface area contributed by atoms with Gasteiger partial charge in [0.25, 0.3) is 5.91 Å². The summed E-state index contributed by atoms with van der Waals surface area (Å²) in [5, 5.41) is 12.0. The summed E-state index contributed by atoms with van der Waals surface area (Å²) in [6, 6.07) is 19.5. The Balaban J connectivity index is 1.44. The number of hydrogen-bond donors (Lipinski definition) is 0. The number of ether oxygens (including phenoxy) is 1. The van der Waals surface area contributed by atoms with Gasteiger partial charge in [-0.05, 0) is 35.7 Å². The van der Waals surface area contributed by atoms with Crippen molar-refractivity contribution in [3.05, 3.63) is 70.9 Å². The lowest BCUT2D eigenvalue weighted by molar-refractivity contribution is 0.0751. The number of carbonyl (C=O) groups is 1. The van der Waals surface area contributed by atoms with Gasteiger partial charge in [0.2, 0.25) is 5.95 Å². The lowest BCUT2D eigenvalue weighted by Crippen LogP contribution is -2.49. The molecule has 1 saturated heterocycles. The Morgan fingerprint density at radius 1 is 0.941 bits per heavy atom. The zero-order chi connectivity index (χ0) is 23.1. The average molecular weight is 471 g/mol. The monoisotopic (exact) mass is 470 g/mol. The third-order valence-electron chi connectivity index (χ3n) is 6.16. The van der Waals surface area contributed by atoms with Crippen LogP contribution in [0.5, 0.6) is 5.75 Å². The maximum absolute atomic E-state index is 12.8. The fourth-order valence-electron chi connectivity index (χ4n) is 4.45. The summed E-state index contributed by atoms with van der Waals surface area (Å²) in [4.78, 5) is 22.7. The van der Waals surface area contributed by atoms with Crippen molar-refractivity contribution in [3.63, 3.8) is 0 Å². The topological polar surface area (TPSA) is 75.9 Å². The van der Waals surface area contributed by atoms with E-state index in [1.807, 2.05) is 75.3 Å². The number of benzene rings is 2. The van der Waals surface area contributed by atoms with Crippen molar-refractivity contribution in [1.82, 2.24) is 24.5 Å². The molecule has 8 nitrogen and oxygen atoms in total. The number of anilines is 1. The molecule has 0 saturated carbocycles. The molecule has 1 aliphatic heterocycles. The number of rotatable bonds is 4. The highest BCUT2D eigenvalue weighted by molar-refractivity contribution is 7.12. The molecule has 9 heteroatoms. The van der Waals surface area contributed by atoms with Gasteiger partial charge in [0, 0.05) is 31.6 Å². The van der Waals surface area contributed by atoms with E-state index in [4.69, 9.17) is 9.72 Å². The molecule has 0 atom stereocenters. The van der Waals surface area contributed by atoms with Crippen molar-refractivity contribution in [3.8, 4) is 17.1 Å². The molecule has 0 N–H and O–H groups in total. The molecule has 34 heavy (non-hydrogen) atoms. The molecule has 1 aliphatic rings. The van der Waals surface area contributed by atoms with Gasteiger partial charge in [0.05, 0.1) is 23.1 Å². The first-order valence-corrected chi connectivity index (χ1v) is 12.0. The van der Waals surface area contributed by atoms with E-state index in [9.17, 15) is 4.79 Å². The molecule has 0 spiro atoms. The summed E-state index contributed by atoms with van der Waals surface area (Å²) >= 11 is 1.48. The highest BCUT2D eigenvalue weighted by atomic mass is 32.1. The van der Waals surface area contributed by atoms with Gasteiger partial charge >= 0.3 is 0 Å². The molecule has 1 fully saturated rings.